The number of rotatable bonds is 8. The summed E-state index contributed by atoms with van der Waals surface area (Å²) in [5.74, 6) is 0.825. The zero-order valence-electron chi connectivity index (χ0n) is 13.0. The normalized spacial score (nSPS) is 16.4. The van der Waals surface area contributed by atoms with Gasteiger partial charge in [-0.2, -0.15) is 0 Å². The summed E-state index contributed by atoms with van der Waals surface area (Å²) in [4.78, 5) is 11.2. The minimum absolute atomic E-state index is 0.399. The highest BCUT2D eigenvalue weighted by Gasteiger charge is 2.20. The van der Waals surface area contributed by atoms with Crippen LogP contribution in [-0.4, -0.2) is 56.0 Å². The number of nitrogens with one attached hydrogen (secondary N) is 1. The first-order valence-corrected chi connectivity index (χ1v) is 7.70. The zero-order chi connectivity index (χ0) is 14.9. The van der Waals surface area contributed by atoms with Crippen molar-refractivity contribution in [2.24, 2.45) is 0 Å². The SMILES string of the molecule is CCOC1CCN(c2ncc(CNCCOC)cn2)CC1. The van der Waals surface area contributed by atoms with Crippen LogP contribution in [0.2, 0.25) is 0 Å². The summed E-state index contributed by atoms with van der Waals surface area (Å²) in [6.07, 6.45) is 6.30. The van der Waals surface area contributed by atoms with Gasteiger partial charge in [0.25, 0.3) is 0 Å². The van der Waals surface area contributed by atoms with Crippen LogP contribution in [0.3, 0.4) is 0 Å². The van der Waals surface area contributed by atoms with Gasteiger partial charge in [-0.1, -0.05) is 0 Å². The molecule has 0 amide bonds. The summed E-state index contributed by atoms with van der Waals surface area (Å²) in [6.45, 7) is 7.11. The van der Waals surface area contributed by atoms with Crippen LogP contribution in [0.5, 0.6) is 0 Å². The van der Waals surface area contributed by atoms with Gasteiger partial charge in [-0.05, 0) is 19.8 Å². The van der Waals surface area contributed by atoms with Crippen LogP contribution in [0.4, 0.5) is 5.95 Å². The molecule has 1 fully saturated rings. The van der Waals surface area contributed by atoms with Crippen molar-refractivity contribution in [1.29, 1.82) is 0 Å². The number of hydrogen-bond donors (Lipinski definition) is 1. The molecule has 1 aromatic heterocycles. The van der Waals surface area contributed by atoms with E-state index >= 15 is 0 Å². The lowest BCUT2D eigenvalue weighted by Gasteiger charge is -2.31. The van der Waals surface area contributed by atoms with E-state index in [9.17, 15) is 0 Å². The Bertz CT molecular complexity index is 391. The second-order valence-electron chi connectivity index (χ2n) is 5.20. The minimum atomic E-state index is 0.399. The quantitative estimate of drug-likeness (QED) is 0.728. The lowest BCUT2D eigenvalue weighted by atomic mass is 10.1. The molecule has 2 rings (SSSR count). The van der Waals surface area contributed by atoms with Crippen LogP contribution >= 0.6 is 0 Å². The molecule has 21 heavy (non-hydrogen) atoms. The van der Waals surface area contributed by atoms with Gasteiger partial charge in [0.1, 0.15) is 0 Å². The van der Waals surface area contributed by atoms with Gasteiger partial charge in [0.05, 0.1) is 12.7 Å². The maximum absolute atomic E-state index is 5.66. The summed E-state index contributed by atoms with van der Waals surface area (Å²) < 4.78 is 10.7. The van der Waals surface area contributed by atoms with E-state index in [1.807, 2.05) is 12.4 Å². The summed E-state index contributed by atoms with van der Waals surface area (Å²) in [5.41, 5.74) is 1.10. The maximum atomic E-state index is 5.66. The second kappa shape index (κ2) is 8.92. The van der Waals surface area contributed by atoms with Crippen LogP contribution in [0.1, 0.15) is 25.3 Å². The summed E-state index contributed by atoms with van der Waals surface area (Å²) >= 11 is 0. The van der Waals surface area contributed by atoms with Crippen LogP contribution in [0.25, 0.3) is 0 Å². The van der Waals surface area contributed by atoms with Gasteiger partial charge >= 0.3 is 0 Å². The Hall–Kier alpha value is -1.24. The highest BCUT2D eigenvalue weighted by Crippen LogP contribution is 2.17. The molecular formula is C15H26N4O2. The largest absolute Gasteiger partial charge is 0.383 e. The first kappa shape index (κ1) is 16.1. The zero-order valence-corrected chi connectivity index (χ0v) is 13.0. The van der Waals surface area contributed by atoms with Gasteiger partial charge < -0.3 is 19.7 Å². The first-order valence-electron chi connectivity index (χ1n) is 7.70. The number of hydrogen-bond acceptors (Lipinski definition) is 6. The Balaban J connectivity index is 1.77. The summed E-state index contributed by atoms with van der Waals surface area (Å²) in [6, 6.07) is 0. The molecule has 6 nitrogen and oxygen atoms in total. The van der Waals surface area contributed by atoms with E-state index in [1.54, 1.807) is 7.11 Å². The predicted molar refractivity (Wildman–Crippen MR) is 82.5 cm³/mol. The smallest absolute Gasteiger partial charge is 0.225 e. The topological polar surface area (TPSA) is 59.5 Å². The molecule has 1 aliphatic rings. The molecule has 1 aliphatic heterocycles. The van der Waals surface area contributed by atoms with Crippen LogP contribution < -0.4 is 10.2 Å². The van der Waals surface area contributed by atoms with Crippen LogP contribution in [-0.2, 0) is 16.0 Å². The Morgan fingerprint density at radius 1 is 1.29 bits per heavy atom. The standard InChI is InChI=1S/C15H26N4O2/c1-3-21-14-4-7-19(8-5-14)15-17-11-13(12-18-15)10-16-6-9-20-2/h11-12,14,16H,3-10H2,1-2H3. The van der Waals surface area contributed by atoms with Crippen molar-refractivity contribution >= 4 is 5.95 Å². The third-order valence-corrected chi connectivity index (χ3v) is 3.63. The average molecular weight is 294 g/mol. The van der Waals surface area contributed by atoms with Crippen molar-refractivity contribution in [2.75, 3.05) is 44.9 Å². The van der Waals surface area contributed by atoms with Crippen LogP contribution in [0, 0.1) is 0 Å². The van der Waals surface area contributed by atoms with E-state index < -0.39 is 0 Å². The minimum Gasteiger partial charge on any atom is -0.383 e. The maximum Gasteiger partial charge on any atom is 0.225 e. The molecule has 1 N–H and O–H groups in total. The van der Waals surface area contributed by atoms with E-state index in [4.69, 9.17) is 9.47 Å². The summed E-state index contributed by atoms with van der Waals surface area (Å²) in [5, 5.41) is 3.29. The number of nitrogens with zero attached hydrogens (tertiary/aromatic N) is 3. The van der Waals surface area contributed by atoms with Crippen molar-refractivity contribution in [1.82, 2.24) is 15.3 Å². The van der Waals surface area contributed by atoms with Gasteiger partial charge in [0.2, 0.25) is 5.95 Å². The average Bonchev–Trinajstić information content (AvgIpc) is 2.53. The van der Waals surface area contributed by atoms with E-state index in [0.717, 1.165) is 57.1 Å². The van der Waals surface area contributed by atoms with Crippen molar-refractivity contribution in [3.63, 3.8) is 0 Å². The van der Waals surface area contributed by atoms with Crippen molar-refractivity contribution in [3.05, 3.63) is 18.0 Å². The van der Waals surface area contributed by atoms with Crippen LogP contribution in [0.15, 0.2) is 12.4 Å². The number of aromatic nitrogens is 2. The highest BCUT2D eigenvalue weighted by atomic mass is 16.5. The number of ether oxygens (including phenoxy) is 2. The monoisotopic (exact) mass is 294 g/mol. The van der Waals surface area contributed by atoms with Gasteiger partial charge in [-0.25, -0.2) is 9.97 Å². The van der Waals surface area contributed by atoms with Crippen molar-refractivity contribution in [2.45, 2.75) is 32.4 Å². The number of anilines is 1. The lowest BCUT2D eigenvalue weighted by molar-refractivity contribution is 0.0457. The molecule has 0 bridgehead atoms. The molecule has 0 radical (unpaired) electrons. The van der Waals surface area contributed by atoms with Gasteiger partial charge in [0.15, 0.2) is 0 Å². The van der Waals surface area contributed by atoms with Gasteiger partial charge in [-0.15, -0.1) is 0 Å². The fraction of sp³-hybridized carbons (Fsp3) is 0.733. The molecule has 0 unspecified atom stereocenters. The van der Waals surface area contributed by atoms with E-state index in [-0.39, 0.29) is 0 Å². The fourth-order valence-electron chi connectivity index (χ4n) is 2.47. The third kappa shape index (κ3) is 5.22. The van der Waals surface area contributed by atoms with Crippen molar-refractivity contribution < 1.29 is 9.47 Å². The van der Waals surface area contributed by atoms with E-state index in [1.165, 1.54) is 0 Å². The lowest BCUT2D eigenvalue weighted by Crippen LogP contribution is -2.38. The molecule has 118 valence electrons. The van der Waals surface area contributed by atoms with Crippen molar-refractivity contribution in [3.8, 4) is 0 Å². The molecule has 2 heterocycles. The molecule has 0 aromatic carbocycles. The van der Waals surface area contributed by atoms with Gasteiger partial charge in [0, 0.05) is 57.9 Å². The molecule has 0 saturated carbocycles. The second-order valence-corrected chi connectivity index (χ2v) is 5.20. The van der Waals surface area contributed by atoms with E-state index in [2.05, 4.69) is 27.1 Å². The summed E-state index contributed by atoms with van der Waals surface area (Å²) in [7, 11) is 1.70. The van der Waals surface area contributed by atoms with E-state index in [0.29, 0.717) is 12.7 Å². The van der Waals surface area contributed by atoms with Gasteiger partial charge in [-0.3, -0.25) is 0 Å². The third-order valence-electron chi connectivity index (χ3n) is 3.63. The molecule has 0 spiro atoms. The Labute approximate surface area is 126 Å². The number of methoxy groups -OCH3 is 1. The molecule has 1 aromatic rings. The molecule has 0 atom stereocenters. The molecular weight excluding hydrogens is 268 g/mol. The Kier molecular flexibility index (Phi) is 6.85. The Morgan fingerprint density at radius 2 is 2.00 bits per heavy atom. The fourth-order valence-corrected chi connectivity index (χ4v) is 2.47. The highest BCUT2D eigenvalue weighted by molar-refractivity contribution is 5.30. The predicted octanol–water partition coefficient (Wildman–Crippen LogP) is 1.22. The molecule has 0 aliphatic carbocycles. The first-order chi connectivity index (χ1) is 10.3. The molecule has 6 heteroatoms. The Morgan fingerprint density at radius 3 is 2.62 bits per heavy atom. The molecule has 1 saturated heterocycles. The number of piperidine rings is 1.